The van der Waals surface area contributed by atoms with Crippen LogP contribution in [0.5, 0.6) is 0 Å². The van der Waals surface area contributed by atoms with Gasteiger partial charge in [0.1, 0.15) is 17.3 Å². The molecule has 0 amide bonds. The third-order valence-electron chi connectivity index (χ3n) is 9.73. The van der Waals surface area contributed by atoms with Crippen LogP contribution in [-0.4, -0.2) is 0 Å². The van der Waals surface area contributed by atoms with Gasteiger partial charge in [-0.15, -0.1) is 0 Å². The van der Waals surface area contributed by atoms with Crippen LogP contribution >= 0.6 is 0 Å². The molecule has 0 saturated carbocycles. The maximum atomic E-state index is 6.74. The number of hydrogen-bond acceptors (Lipinski definition) is 3. The van der Waals surface area contributed by atoms with Crippen molar-refractivity contribution in [1.82, 2.24) is 5.32 Å². The van der Waals surface area contributed by atoms with E-state index in [0.29, 0.717) is 6.42 Å². The first-order valence-electron chi connectivity index (χ1n) is 16.8. The highest BCUT2D eigenvalue weighted by molar-refractivity contribution is 6.15. The van der Waals surface area contributed by atoms with Crippen molar-refractivity contribution in [3.8, 4) is 11.1 Å². The lowest BCUT2D eigenvalue weighted by molar-refractivity contribution is 0.662. The number of nitrogens with two attached hydrogens (primary N) is 1. The van der Waals surface area contributed by atoms with Crippen LogP contribution in [-0.2, 0) is 6.42 Å². The monoisotopic (exact) mass is 630 g/mol. The Hall–Kier alpha value is -6.16. The summed E-state index contributed by atoms with van der Waals surface area (Å²) in [6.45, 7) is 0. The molecular formula is C46H34N2O. The maximum absolute atomic E-state index is 6.74. The summed E-state index contributed by atoms with van der Waals surface area (Å²) in [5.74, 6) is 0. The summed E-state index contributed by atoms with van der Waals surface area (Å²) < 4.78 is 6.35. The Bertz CT molecular complexity index is 2670. The molecule has 0 bridgehead atoms. The normalized spacial score (nSPS) is 12.7. The zero-order chi connectivity index (χ0) is 32.7. The number of nitrogens with one attached hydrogen (secondary N) is 1. The van der Waals surface area contributed by atoms with Crippen molar-refractivity contribution in [2.45, 2.75) is 12.6 Å². The van der Waals surface area contributed by atoms with Crippen LogP contribution in [0.15, 0.2) is 174 Å². The molecule has 3 N–H and O–H groups in total. The lowest BCUT2D eigenvalue weighted by Gasteiger charge is -2.19. The Morgan fingerprint density at radius 3 is 2.14 bits per heavy atom. The summed E-state index contributed by atoms with van der Waals surface area (Å²) in [5.41, 5.74) is 15.2. The molecular weight excluding hydrogens is 597 g/mol. The molecule has 8 aromatic carbocycles. The van der Waals surface area contributed by atoms with Gasteiger partial charge in [0.2, 0.25) is 0 Å². The molecule has 3 heteroatoms. The van der Waals surface area contributed by atoms with Gasteiger partial charge in [-0.1, -0.05) is 152 Å². The first kappa shape index (κ1) is 29.0. The van der Waals surface area contributed by atoms with Crippen LogP contribution in [0.3, 0.4) is 0 Å². The molecule has 49 heavy (non-hydrogen) atoms. The molecule has 0 aliphatic heterocycles. The topological polar surface area (TPSA) is 51.2 Å². The fourth-order valence-electron chi connectivity index (χ4n) is 7.21. The van der Waals surface area contributed by atoms with E-state index in [-0.39, 0.29) is 6.17 Å². The second-order valence-electron chi connectivity index (χ2n) is 12.7. The molecule has 0 fully saturated rings. The van der Waals surface area contributed by atoms with E-state index in [0.717, 1.165) is 44.3 Å². The Morgan fingerprint density at radius 1 is 0.571 bits per heavy atom. The number of fused-ring (bicyclic) bond motifs is 7. The van der Waals surface area contributed by atoms with Crippen LogP contribution in [0.25, 0.3) is 71.1 Å². The minimum Gasteiger partial charge on any atom is -0.456 e. The van der Waals surface area contributed by atoms with E-state index in [9.17, 15) is 0 Å². The second-order valence-corrected chi connectivity index (χ2v) is 12.7. The molecule has 0 spiro atoms. The number of para-hydroxylation sites is 2. The molecule has 1 atom stereocenters. The number of rotatable bonds is 7. The van der Waals surface area contributed by atoms with E-state index in [4.69, 9.17) is 10.2 Å². The average Bonchev–Trinajstić information content (AvgIpc) is 3.55. The van der Waals surface area contributed by atoms with Gasteiger partial charge in [-0.2, -0.15) is 0 Å². The number of hydrogen-bond donors (Lipinski definition) is 2. The summed E-state index contributed by atoms with van der Waals surface area (Å²) in [5, 5.41) is 13.5. The van der Waals surface area contributed by atoms with Crippen LogP contribution in [0, 0.1) is 0 Å². The fraction of sp³-hybridized carbons (Fsp3) is 0.0435. The second kappa shape index (κ2) is 12.1. The molecule has 0 radical (unpaired) electrons. The molecule has 0 aliphatic carbocycles. The van der Waals surface area contributed by atoms with Gasteiger partial charge in [0.15, 0.2) is 0 Å². The highest BCUT2D eigenvalue weighted by Crippen LogP contribution is 2.36. The van der Waals surface area contributed by atoms with E-state index >= 15 is 0 Å². The van der Waals surface area contributed by atoms with Gasteiger partial charge >= 0.3 is 0 Å². The van der Waals surface area contributed by atoms with E-state index < -0.39 is 0 Å². The van der Waals surface area contributed by atoms with E-state index in [1.54, 1.807) is 0 Å². The predicted molar refractivity (Wildman–Crippen MR) is 206 cm³/mol. The third kappa shape index (κ3) is 5.31. The lowest BCUT2D eigenvalue weighted by atomic mass is 9.93. The smallest absolute Gasteiger partial charge is 0.138 e. The van der Waals surface area contributed by atoms with Gasteiger partial charge in [-0.25, -0.2) is 0 Å². The molecule has 1 aromatic heterocycles. The minimum absolute atomic E-state index is 0.364. The fourth-order valence-corrected chi connectivity index (χ4v) is 7.21. The Kier molecular flexibility index (Phi) is 7.18. The summed E-state index contributed by atoms with van der Waals surface area (Å²) in [7, 11) is 0. The van der Waals surface area contributed by atoms with Crippen LogP contribution in [0.1, 0.15) is 22.9 Å². The van der Waals surface area contributed by atoms with Crippen molar-refractivity contribution < 1.29 is 4.42 Å². The highest BCUT2D eigenvalue weighted by Gasteiger charge is 2.14. The minimum atomic E-state index is -0.364. The molecule has 0 saturated heterocycles. The van der Waals surface area contributed by atoms with Crippen molar-refractivity contribution in [2.75, 3.05) is 0 Å². The number of furan rings is 1. The first-order chi connectivity index (χ1) is 24.2. The van der Waals surface area contributed by atoms with Crippen molar-refractivity contribution in [3.63, 3.8) is 0 Å². The van der Waals surface area contributed by atoms with Gasteiger partial charge in [-0.3, -0.25) is 0 Å². The van der Waals surface area contributed by atoms with Gasteiger partial charge in [0, 0.05) is 16.5 Å². The molecule has 3 nitrogen and oxygen atoms in total. The SMILES string of the molecule is NC(N/C(=C\Cc1cccc2c1oc1ccccc12)c1ccc(-c2cccc3c2ccc2cc4ccccc4cc23)cc1)c1ccccc1. The average molecular weight is 631 g/mol. The van der Waals surface area contributed by atoms with E-state index in [2.05, 4.69) is 145 Å². The molecule has 9 rings (SSSR count). The van der Waals surface area contributed by atoms with Crippen molar-refractivity contribution in [1.29, 1.82) is 0 Å². The van der Waals surface area contributed by atoms with Gasteiger partial charge in [-0.05, 0) is 84.8 Å². The molecule has 234 valence electrons. The zero-order valence-electron chi connectivity index (χ0n) is 26.9. The summed E-state index contributed by atoms with van der Waals surface area (Å²) in [4.78, 5) is 0. The molecule has 0 aliphatic rings. The van der Waals surface area contributed by atoms with Gasteiger partial charge < -0.3 is 15.5 Å². The lowest BCUT2D eigenvalue weighted by Crippen LogP contribution is -2.27. The Morgan fingerprint density at radius 2 is 1.29 bits per heavy atom. The van der Waals surface area contributed by atoms with Crippen LogP contribution in [0.2, 0.25) is 0 Å². The molecule has 9 aromatic rings. The summed E-state index contributed by atoms with van der Waals surface area (Å²) in [6, 6.07) is 58.0. The van der Waals surface area contributed by atoms with E-state index in [1.807, 2.05) is 30.3 Å². The Labute approximate surface area is 284 Å². The zero-order valence-corrected chi connectivity index (χ0v) is 26.9. The largest absolute Gasteiger partial charge is 0.456 e. The standard InChI is InChI=1S/C46H34N2O/c47-46(33-10-2-1-3-11-33)48-43(27-25-32-14-8-18-41-40-15-6-7-19-44(40)49-45(32)41)31-22-20-30(21-23-31)37-16-9-17-38-39(37)26-24-36-28-34-12-4-5-13-35(34)29-42(36)38/h1-24,26-29,46,48H,25,47H2/b43-27-. The van der Waals surface area contributed by atoms with E-state index in [1.165, 1.54) is 43.4 Å². The van der Waals surface area contributed by atoms with Gasteiger partial charge in [0.05, 0.1) is 0 Å². The predicted octanol–water partition coefficient (Wildman–Crippen LogP) is 11.5. The summed E-state index contributed by atoms with van der Waals surface area (Å²) >= 11 is 0. The first-order valence-corrected chi connectivity index (χ1v) is 16.8. The Balaban J connectivity index is 1.10. The van der Waals surface area contributed by atoms with Crippen LogP contribution in [0.4, 0.5) is 0 Å². The van der Waals surface area contributed by atoms with Crippen molar-refractivity contribution in [2.24, 2.45) is 5.73 Å². The quantitative estimate of drug-likeness (QED) is 0.105. The number of benzene rings is 8. The number of allylic oxidation sites excluding steroid dienone is 1. The van der Waals surface area contributed by atoms with Crippen molar-refractivity contribution >= 4 is 60.0 Å². The van der Waals surface area contributed by atoms with Gasteiger partial charge in [0.25, 0.3) is 0 Å². The van der Waals surface area contributed by atoms with Crippen molar-refractivity contribution in [3.05, 3.63) is 187 Å². The summed E-state index contributed by atoms with van der Waals surface area (Å²) in [6.07, 6.45) is 2.55. The molecule has 1 heterocycles. The van der Waals surface area contributed by atoms with Crippen LogP contribution < -0.4 is 11.1 Å². The third-order valence-corrected chi connectivity index (χ3v) is 9.73. The maximum Gasteiger partial charge on any atom is 0.138 e. The highest BCUT2D eigenvalue weighted by atomic mass is 16.3. The molecule has 1 unspecified atom stereocenters.